The lowest BCUT2D eigenvalue weighted by Gasteiger charge is -2.35. The van der Waals surface area contributed by atoms with Crippen molar-refractivity contribution in [1.82, 2.24) is 10.2 Å². The first-order valence-electron chi connectivity index (χ1n) is 14.5. The third-order valence-corrected chi connectivity index (χ3v) is 9.20. The maximum atomic E-state index is 14.5. The van der Waals surface area contributed by atoms with Gasteiger partial charge in [-0.25, -0.2) is 8.42 Å². The largest absolute Gasteiger partial charge is 0.497 e. The third kappa shape index (κ3) is 8.86. The molecule has 4 aromatic carbocycles. The van der Waals surface area contributed by atoms with E-state index in [-0.39, 0.29) is 29.5 Å². The minimum Gasteiger partial charge on any atom is -0.497 e. The van der Waals surface area contributed by atoms with Crippen LogP contribution in [0.4, 0.5) is 5.69 Å². The van der Waals surface area contributed by atoms with E-state index in [1.54, 1.807) is 66.7 Å². The number of hydrogen-bond donors (Lipinski definition) is 1. The van der Waals surface area contributed by atoms with E-state index >= 15 is 0 Å². The Labute approximate surface area is 270 Å². The van der Waals surface area contributed by atoms with Crippen molar-refractivity contribution in [3.05, 3.63) is 125 Å². The molecule has 0 saturated heterocycles. The number of sulfonamides is 1. The fourth-order valence-electron chi connectivity index (χ4n) is 4.81. The number of ether oxygens (including phenoxy) is 1. The van der Waals surface area contributed by atoms with E-state index in [2.05, 4.69) is 5.32 Å². The minimum absolute atomic E-state index is 0.0184. The molecule has 0 bridgehead atoms. The monoisotopic (exact) mass is 647 g/mol. The van der Waals surface area contributed by atoms with Crippen molar-refractivity contribution in [2.75, 3.05) is 18.0 Å². The fraction of sp³-hybridized carbons (Fsp3) is 0.257. The number of anilines is 1. The van der Waals surface area contributed by atoms with Crippen LogP contribution in [0, 0.1) is 0 Å². The van der Waals surface area contributed by atoms with Gasteiger partial charge in [0, 0.05) is 23.5 Å². The maximum absolute atomic E-state index is 14.5. The second-order valence-corrected chi connectivity index (χ2v) is 13.9. The van der Waals surface area contributed by atoms with Gasteiger partial charge in [0.2, 0.25) is 11.8 Å². The van der Waals surface area contributed by atoms with Gasteiger partial charge >= 0.3 is 0 Å². The van der Waals surface area contributed by atoms with Gasteiger partial charge in [-0.05, 0) is 74.4 Å². The summed E-state index contributed by atoms with van der Waals surface area (Å²) in [5, 5.41) is 3.44. The summed E-state index contributed by atoms with van der Waals surface area (Å²) in [5.74, 6) is -0.409. The highest BCUT2D eigenvalue weighted by Gasteiger charge is 2.35. The molecular formula is C35H38ClN3O5S. The Morgan fingerprint density at radius 1 is 0.844 bits per heavy atom. The summed E-state index contributed by atoms with van der Waals surface area (Å²) < 4.78 is 34.5. The lowest BCUT2D eigenvalue weighted by Crippen LogP contribution is -2.56. The quantitative estimate of drug-likeness (QED) is 0.201. The Balaban J connectivity index is 1.82. The molecule has 0 unspecified atom stereocenters. The first kappa shape index (κ1) is 33.6. The molecule has 236 valence electrons. The summed E-state index contributed by atoms with van der Waals surface area (Å²) in [6, 6.07) is 29.8. The van der Waals surface area contributed by atoms with Crippen LogP contribution < -0.4 is 14.4 Å². The molecule has 4 rings (SSSR count). The van der Waals surface area contributed by atoms with Gasteiger partial charge in [-0.1, -0.05) is 78.3 Å². The van der Waals surface area contributed by atoms with E-state index in [1.165, 1.54) is 24.1 Å². The van der Waals surface area contributed by atoms with E-state index in [0.717, 1.165) is 9.87 Å². The molecule has 1 atom stereocenters. The zero-order valence-corrected chi connectivity index (χ0v) is 27.4. The molecule has 4 aromatic rings. The van der Waals surface area contributed by atoms with Crippen LogP contribution in [0.2, 0.25) is 5.02 Å². The van der Waals surface area contributed by atoms with Crippen molar-refractivity contribution >= 4 is 39.1 Å². The molecular weight excluding hydrogens is 610 g/mol. The third-order valence-electron chi connectivity index (χ3n) is 7.04. The van der Waals surface area contributed by atoms with Crippen LogP contribution in [0.5, 0.6) is 5.75 Å². The summed E-state index contributed by atoms with van der Waals surface area (Å²) in [6.45, 7) is 5.01. The van der Waals surface area contributed by atoms with Crippen LogP contribution in [0.1, 0.15) is 31.9 Å². The van der Waals surface area contributed by atoms with Crippen LogP contribution in [-0.4, -0.2) is 50.4 Å². The highest BCUT2D eigenvalue weighted by atomic mass is 35.5. The number of nitrogens with zero attached hydrogens (tertiary/aromatic N) is 2. The standard InChI is InChI=1S/C35H38ClN3O5S/c1-35(2,3)37-34(41)32(23-26-13-7-5-8-14-26)38(24-27-15-11-12-18-31(27)36)33(40)25-39(28-19-21-29(44-4)22-20-28)45(42,43)30-16-9-6-10-17-30/h5-22,32H,23-25H2,1-4H3,(H,37,41)/t32-/m0/s1. The van der Waals surface area contributed by atoms with Crippen molar-refractivity contribution < 1.29 is 22.7 Å². The van der Waals surface area contributed by atoms with Crippen molar-refractivity contribution in [3.8, 4) is 5.75 Å². The second-order valence-electron chi connectivity index (χ2n) is 11.6. The number of rotatable bonds is 12. The first-order valence-corrected chi connectivity index (χ1v) is 16.3. The molecule has 0 spiro atoms. The van der Waals surface area contributed by atoms with Gasteiger partial charge in [0.05, 0.1) is 17.7 Å². The lowest BCUT2D eigenvalue weighted by molar-refractivity contribution is -0.140. The van der Waals surface area contributed by atoms with Crippen molar-refractivity contribution in [3.63, 3.8) is 0 Å². The van der Waals surface area contributed by atoms with Crippen LogP contribution in [0.25, 0.3) is 0 Å². The summed E-state index contributed by atoms with van der Waals surface area (Å²) in [5.41, 5.74) is 1.14. The van der Waals surface area contributed by atoms with Crippen LogP contribution in [-0.2, 0) is 32.6 Å². The minimum atomic E-state index is -4.20. The first-order chi connectivity index (χ1) is 21.4. The van der Waals surface area contributed by atoms with Gasteiger partial charge in [-0.2, -0.15) is 0 Å². The maximum Gasteiger partial charge on any atom is 0.264 e. The highest BCUT2D eigenvalue weighted by Crippen LogP contribution is 2.27. The van der Waals surface area contributed by atoms with Crippen molar-refractivity contribution in [2.24, 2.45) is 0 Å². The van der Waals surface area contributed by atoms with Gasteiger partial charge in [-0.15, -0.1) is 0 Å². The van der Waals surface area contributed by atoms with E-state index in [9.17, 15) is 18.0 Å². The molecule has 0 heterocycles. The molecule has 0 aromatic heterocycles. The van der Waals surface area contributed by atoms with Gasteiger partial charge < -0.3 is 15.0 Å². The number of carbonyl (C=O) groups excluding carboxylic acids is 2. The lowest BCUT2D eigenvalue weighted by atomic mass is 10.0. The Morgan fingerprint density at radius 2 is 1.42 bits per heavy atom. The molecule has 2 amide bonds. The van der Waals surface area contributed by atoms with Gasteiger partial charge in [0.1, 0.15) is 18.3 Å². The number of nitrogens with one attached hydrogen (secondary N) is 1. The summed E-state index contributed by atoms with van der Waals surface area (Å²) >= 11 is 6.55. The Morgan fingerprint density at radius 3 is 2.00 bits per heavy atom. The van der Waals surface area contributed by atoms with Gasteiger partial charge in [-0.3, -0.25) is 13.9 Å². The molecule has 10 heteroatoms. The second kappa shape index (κ2) is 14.6. The van der Waals surface area contributed by atoms with E-state index in [4.69, 9.17) is 16.3 Å². The summed E-state index contributed by atoms with van der Waals surface area (Å²) in [4.78, 5) is 29.9. The predicted molar refractivity (Wildman–Crippen MR) is 178 cm³/mol. The van der Waals surface area contributed by atoms with E-state index in [0.29, 0.717) is 16.3 Å². The predicted octanol–water partition coefficient (Wildman–Crippen LogP) is 6.10. The number of hydrogen-bond acceptors (Lipinski definition) is 5. The van der Waals surface area contributed by atoms with Crippen LogP contribution in [0.3, 0.4) is 0 Å². The number of carbonyl (C=O) groups is 2. The molecule has 1 N–H and O–H groups in total. The van der Waals surface area contributed by atoms with Crippen LogP contribution >= 0.6 is 11.6 Å². The molecule has 8 nitrogen and oxygen atoms in total. The Hall–Kier alpha value is -4.34. The smallest absolute Gasteiger partial charge is 0.264 e. The summed E-state index contributed by atoms with van der Waals surface area (Å²) in [6.07, 6.45) is 0.201. The molecule has 0 saturated carbocycles. The van der Waals surface area contributed by atoms with Crippen LogP contribution in [0.15, 0.2) is 114 Å². The Bertz CT molecular complexity index is 1690. The molecule has 0 aliphatic carbocycles. The van der Waals surface area contributed by atoms with Crippen molar-refractivity contribution in [2.45, 2.75) is 50.2 Å². The normalized spacial score (nSPS) is 12.2. The molecule has 45 heavy (non-hydrogen) atoms. The molecule has 0 aliphatic heterocycles. The number of benzene rings is 4. The summed E-state index contributed by atoms with van der Waals surface area (Å²) in [7, 11) is -2.69. The zero-order chi connectivity index (χ0) is 32.6. The Kier molecular flexibility index (Phi) is 10.9. The fourth-order valence-corrected chi connectivity index (χ4v) is 6.44. The molecule has 0 aliphatic rings. The zero-order valence-electron chi connectivity index (χ0n) is 25.8. The molecule has 0 fully saturated rings. The van der Waals surface area contributed by atoms with Crippen molar-refractivity contribution in [1.29, 1.82) is 0 Å². The topological polar surface area (TPSA) is 96.0 Å². The number of methoxy groups -OCH3 is 1. The number of halogens is 1. The SMILES string of the molecule is COc1ccc(N(CC(=O)N(Cc2ccccc2Cl)[C@@H](Cc2ccccc2)C(=O)NC(C)(C)C)S(=O)(=O)c2ccccc2)cc1. The van der Waals surface area contributed by atoms with E-state index < -0.39 is 34.1 Å². The average Bonchev–Trinajstić information content (AvgIpc) is 3.02. The highest BCUT2D eigenvalue weighted by molar-refractivity contribution is 7.92. The van der Waals surface area contributed by atoms with Gasteiger partial charge in [0.15, 0.2) is 0 Å². The van der Waals surface area contributed by atoms with E-state index in [1.807, 2.05) is 51.1 Å². The number of amides is 2. The van der Waals surface area contributed by atoms with Gasteiger partial charge in [0.25, 0.3) is 10.0 Å². The molecule has 0 radical (unpaired) electrons. The average molecular weight is 648 g/mol.